The van der Waals surface area contributed by atoms with Gasteiger partial charge in [-0.2, -0.15) is 8.61 Å². The van der Waals surface area contributed by atoms with Gasteiger partial charge in [-0.3, -0.25) is 13.6 Å². The number of halogens is 2. The summed E-state index contributed by atoms with van der Waals surface area (Å²) in [6.07, 6.45) is 11.1. The van der Waals surface area contributed by atoms with Crippen molar-refractivity contribution in [3.63, 3.8) is 0 Å². The number of hydrogen-bond acceptors (Lipinski definition) is 16. The molecule has 0 radical (unpaired) electrons. The Hall–Kier alpha value is -6.99. The normalized spacial score (nSPS) is 16.2. The summed E-state index contributed by atoms with van der Waals surface area (Å²) >= 11 is 14.9. The number of aldehydes is 1. The maximum absolute atomic E-state index is 13.2. The molecule has 18 nitrogen and oxygen atoms in total. The van der Waals surface area contributed by atoms with Crippen LogP contribution in [0.3, 0.4) is 0 Å². The van der Waals surface area contributed by atoms with Crippen LogP contribution in [0.5, 0.6) is 0 Å². The van der Waals surface area contributed by atoms with Crippen molar-refractivity contribution in [1.29, 1.82) is 0 Å². The van der Waals surface area contributed by atoms with Gasteiger partial charge in [0.2, 0.25) is 31.9 Å². The minimum atomic E-state index is -3.65. The molecule has 406 valence electrons. The summed E-state index contributed by atoms with van der Waals surface area (Å²) in [5.74, 6) is 0.824. The first kappa shape index (κ1) is 55.3. The molecule has 3 N–H and O–H groups in total. The SMILES string of the molecule is C.O=Cc1cccc(-c2nc3sccn3c2-c2ccnc(N[C@@H]3CCCN(S(=O)(=O)c4ccc(Cl)cc4)C3)n2)c1.O=S(=O)(c1ccc(Cl)cc1)N1CCC[C@@H](Nc2nccc(-c3c(-c4cccc(CO)c4)nc4sccn34)n2)C1. The number of carbonyl (C=O) groups excluding carboxylic acids is 1. The molecule has 0 saturated carbocycles. The predicted octanol–water partition coefficient (Wildman–Crippen LogP) is 10.8. The molecule has 2 fully saturated rings. The van der Waals surface area contributed by atoms with E-state index in [-0.39, 0.29) is 35.9 Å². The van der Waals surface area contributed by atoms with Crippen LogP contribution in [0.25, 0.3) is 55.2 Å². The standard InChI is InChI=1S/C27H25ClN6O3S2.C27H23ClN6O3S2.CH4/c2*28-20-6-8-22(9-7-20)39(36,37)33-12-2-5-21(16-33)30-26-29-11-10-23(31-26)25-24(32-27-34(25)13-14-38-27)19-4-1-3-18(15-19)17-35;/h1,3-4,6-11,13-15,21,35H,2,5,12,16-17H2,(H,29,30,31);1,3-4,6-11,13-15,17,21H,2,5,12,16H2,(H,29,30,31);1H4/t2*21-;/m11./s1. The van der Waals surface area contributed by atoms with Gasteiger partial charge >= 0.3 is 0 Å². The molecule has 2 aliphatic heterocycles. The molecular weight excluding hydrogens is 1120 g/mol. The van der Waals surface area contributed by atoms with Gasteiger partial charge in [0.15, 0.2) is 9.92 Å². The minimum Gasteiger partial charge on any atom is -0.392 e. The highest BCUT2D eigenvalue weighted by Gasteiger charge is 2.33. The third-order valence-electron chi connectivity index (χ3n) is 13.3. The first-order valence-corrected chi connectivity index (χ1v) is 30.1. The Morgan fingerprint density at radius 3 is 1.56 bits per heavy atom. The third kappa shape index (κ3) is 11.8. The van der Waals surface area contributed by atoms with Gasteiger partial charge in [0.25, 0.3) is 0 Å². The Kier molecular flexibility index (Phi) is 16.6. The molecular formula is C55H52Cl2N12O6S4. The molecule has 4 aromatic carbocycles. The van der Waals surface area contributed by atoms with Crippen molar-refractivity contribution in [3.05, 3.63) is 166 Å². The van der Waals surface area contributed by atoms with Crippen LogP contribution in [0, 0.1) is 0 Å². The molecule has 24 heteroatoms. The van der Waals surface area contributed by atoms with E-state index in [0.717, 1.165) is 62.8 Å². The van der Waals surface area contributed by atoms with Gasteiger partial charge in [-0.1, -0.05) is 67.0 Å². The summed E-state index contributed by atoms with van der Waals surface area (Å²) in [7, 11) is -7.29. The monoisotopic (exact) mass is 1170 g/mol. The van der Waals surface area contributed by atoms with Crippen LogP contribution in [0.4, 0.5) is 11.9 Å². The molecule has 6 aromatic heterocycles. The highest BCUT2D eigenvalue weighted by Crippen LogP contribution is 2.36. The van der Waals surface area contributed by atoms with E-state index in [0.29, 0.717) is 83.6 Å². The van der Waals surface area contributed by atoms with Gasteiger partial charge < -0.3 is 15.7 Å². The number of piperidine rings is 2. The maximum atomic E-state index is 13.2. The molecule has 0 unspecified atom stereocenters. The van der Waals surface area contributed by atoms with Crippen molar-refractivity contribution >= 4 is 94.0 Å². The second-order valence-corrected chi connectivity index (χ2v) is 25.0. The smallest absolute Gasteiger partial charge is 0.243 e. The number of anilines is 2. The predicted molar refractivity (Wildman–Crippen MR) is 311 cm³/mol. The fourth-order valence-corrected chi connectivity index (χ4v) is 14.3. The Morgan fingerprint density at radius 1 is 0.620 bits per heavy atom. The molecule has 0 aliphatic carbocycles. The first-order chi connectivity index (χ1) is 37.8. The minimum absolute atomic E-state index is 0. The number of sulfonamides is 2. The molecule has 2 aliphatic rings. The number of benzene rings is 4. The van der Waals surface area contributed by atoms with E-state index < -0.39 is 20.0 Å². The van der Waals surface area contributed by atoms with Crippen LogP contribution in [0.15, 0.2) is 155 Å². The Labute approximate surface area is 474 Å². The topological polar surface area (TPSA) is 222 Å². The van der Waals surface area contributed by atoms with Crippen molar-refractivity contribution in [2.45, 2.75) is 61.6 Å². The number of nitrogens with one attached hydrogen (secondary N) is 2. The zero-order valence-corrected chi connectivity index (χ0v) is 46.1. The lowest BCUT2D eigenvalue weighted by Gasteiger charge is -2.32. The highest BCUT2D eigenvalue weighted by atomic mass is 35.5. The second kappa shape index (κ2) is 23.8. The van der Waals surface area contributed by atoms with E-state index in [9.17, 15) is 26.7 Å². The van der Waals surface area contributed by atoms with Crippen LogP contribution >= 0.6 is 45.9 Å². The number of fused-ring (bicyclic) bond motifs is 2. The number of aliphatic hydroxyl groups excluding tert-OH is 1. The molecule has 8 heterocycles. The summed E-state index contributed by atoms with van der Waals surface area (Å²) in [5, 5.41) is 21.2. The number of imidazole rings is 2. The average Bonchev–Trinajstić information content (AvgIpc) is 4.47. The summed E-state index contributed by atoms with van der Waals surface area (Å²) in [6, 6.07) is 30.8. The van der Waals surface area contributed by atoms with Crippen LogP contribution in [-0.4, -0.2) is 114 Å². The van der Waals surface area contributed by atoms with Crippen molar-refractivity contribution in [3.8, 4) is 45.3 Å². The average molecular weight is 1180 g/mol. The zero-order valence-electron chi connectivity index (χ0n) is 41.3. The molecule has 10 aromatic rings. The number of thiazole rings is 2. The summed E-state index contributed by atoms with van der Waals surface area (Å²) in [4.78, 5) is 41.6. The Balaban J connectivity index is 0.000000176. The number of nitrogens with zero attached hydrogens (tertiary/aromatic N) is 10. The van der Waals surface area contributed by atoms with E-state index >= 15 is 0 Å². The summed E-state index contributed by atoms with van der Waals surface area (Å²) < 4.78 is 59.8. The molecule has 12 rings (SSSR count). The third-order valence-corrected chi connectivity index (χ3v) is 19.1. The molecule has 0 bridgehead atoms. The lowest BCUT2D eigenvalue weighted by molar-refractivity contribution is 0.112. The van der Waals surface area contributed by atoms with Crippen LogP contribution in [0.2, 0.25) is 10.0 Å². The molecule has 0 amide bonds. The highest BCUT2D eigenvalue weighted by molar-refractivity contribution is 7.89. The summed E-state index contributed by atoms with van der Waals surface area (Å²) in [5.41, 5.74) is 7.50. The van der Waals surface area contributed by atoms with Gasteiger partial charge in [0, 0.05) is 101 Å². The Bertz CT molecular complexity index is 4020. The Morgan fingerprint density at radius 2 is 1.09 bits per heavy atom. The molecule has 2 saturated heterocycles. The maximum Gasteiger partial charge on any atom is 0.243 e. The van der Waals surface area contributed by atoms with Gasteiger partial charge in [0.1, 0.15) is 17.7 Å². The van der Waals surface area contributed by atoms with Gasteiger partial charge in [-0.15, -0.1) is 22.7 Å². The van der Waals surface area contributed by atoms with Gasteiger partial charge in [0.05, 0.1) is 39.2 Å². The molecule has 2 atom stereocenters. The van der Waals surface area contributed by atoms with E-state index in [1.165, 1.54) is 55.5 Å². The van der Waals surface area contributed by atoms with E-state index in [4.69, 9.17) is 43.1 Å². The van der Waals surface area contributed by atoms with Gasteiger partial charge in [-0.25, -0.2) is 46.7 Å². The van der Waals surface area contributed by atoms with Crippen molar-refractivity contribution in [2.75, 3.05) is 36.8 Å². The number of carbonyl (C=O) groups is 1. The van der Waals surface area contributed by atoms with E-state index in [2.05, 4.69) is 20.6 Å². The van der Waals surface area contributed by atoms with E-state index in [1.54, 1.807) is 48.8 Å². The lowest BCUT2D eigenvalue weighted by Crippen LogP contribution is -2.45. The first-order valence-electron chi connectivity index (χ1n) is 24.7. The quantitative estimate of drug-likeness (QED) is 0.0862. The van der Waals surface area contributed by atoms with Gasteiger partial charge in [-0.05, 0) is 104 Å². The molecule has 79 heavy (non-hydrogen) atoms. The number of hydrogen-bond donors (Lipinski definition) is 3. The zero-order chi connectivity index (χ0) is 54.0. The fraction of sp³-hybridized carbons (Fsp3) is 0.218. The lowest BCUT2D eigenvalue weighted by atomic mass is 10.1. The van der Waals surface area contributed by atoms with Crippen molar-refractivity contribution in [1.82, 2.24) is 47.3 Å². The summed E-state index contributed by atoms with van der Waals surface area (Å²) in [6.45, 7) is 1.44. The second-order valence-electron chi connectivity index (χ2n) is 18.5. The fourth-order valence-electron chi connectivity index (χ4n) is 9.59. The number of rotatable bonds is 14. The largest absolute Gasteiger partial charge is 0.392 e. The number of aliphatic hydroxyl groups is 1. The van der Waals surface area contributed by atoms with Crippen LogP contribution < -0.4 is 10.6 Å². The van der Waals surface area contributed by atoms with Crippen LogP contribution in [0.1, 0.15) is 49.0 Å². The number of aromatic nitrogens is 8. The van der Waals surface area contributed by atoms with Crippen LogP contribution in [-0.2, 0) is 26.7 Å². The van der Waals surface area contributed by atoms with E-state index in [1.807, 2.05) is 80.5 Å². The molecule has 0 spiro atoms. The van der Waals surface area contributed by atoms with Crippen molar-refractivity contribution in [2.24, 2.45) is 0 Å². The van der Waals surface area contributed by atoms with Crippen molar-refractivity contribution < 1.29 is 26.7 Å².